The molecule has 3 aromatic rings. The van der Waals surface area contributed by atoms with Gasteiger partial charge in [0.25, 0.3) is 0 Å². The SMILES string of the molecule is CCCCCc1cc(Cc2cccc(C)c2)ccc1Cc1ccccc1. The number of unbranched alkanes of at least 4 members (excludes halogenated alkanes) is 2. The van der Waals surface area contributed by atoms with Crippen LogP contribution in [0.15, 0.2) is 72.8 Å². The third kappa shape index (κ3) is 5.33. The van der Waals surface area contributed by atoms with Crippen LogP contribution in [0.3, 0.4) is 0 Å². The van der Waals surface area contributed by atoms with Gasteiger partial charge in [-0.25, -0.2) is 0 Å². The van der Waals surface area contributed by atoms with Crippen LogP contribution in [0.25, 0.3) is 0 Å². The Morgan fingerprint density at radius 2 is 1.38 bits per heavy atom. The van der Waals surface area contributed by atoms with E-state index in [1.54, 1.807) is 0 Å². The molecule has 0 heteroatoms. The molecule has 0 aliphatic carbocycles. The van der Waals surface area contributed by atoms with Crippen molar-refractivity contribution in [2.75, 3.05) is 0 Å². The number of aryl methyl sites for hydroxylation is 2. The van der Waals surface area contributed by atoms with E-state index in [1.807, 2.05) is 0 Å². The first-order chi connectivity index (χ1) is 12.7. The van der Waals surface area contributed by atoms with Crippen LogP contribution in [-0.2, 0) is 19.3 Å². The molecule has 0 unspecified atom stereocenters. The van der Waals surface area contributed by atoms with E-state index in [2.05, 4.69) is 86.6 Å². The van der Waals surface area contributed by atoms with Gasteiger partial charge in [0.05, 0.1) is 0 Å². The predicted molar refractivity (Wildman–Crippen MR) is 113 cm³/mol. The molecular formula is C26H30. The van der Waals surface area contributed by atoms with Gasteiger partial charge < -0.3 is 0 Å². The minimum Gasteiger partial charge on any atom is -0.0654 e. The van der Waals surface area contributed by atoms with E-state index < -0.39 is 0 Å². The molecule has 26 heavy (non-hydrogen) atoms. The average Bonchev–Trinajstić information content (AvgIpc) is 2.65. The summed E-state index contributed by atoms with van der Waals surface area (Å²) in [6.45, 7) is 4.45. The fourth-order valence-electron chi connectivity index (χ4n) is 3.63. The van der Waals surface area contributed by atoms with Gasteiger partial charge in [-0.2, -0.15) is 0 Å². The lowest BCUT2D eigenvalue weighted by Gasteiger charge is -2.13. The van der Waals surface area contributed by atoms with Crippen LogP contribution in [0.4, 0.5) is 0 Å². The summed E-state index contributed by atoms with van der Waals surface area (Å²) < 4.78 is 0. The summed E-state index contributed by atoms with van der Waals surface area (Å²) in [7, 11) is 0. The molecule has 0 nitrogen and oxygen atoms in total. The Balaban J connectivity index is 1.82. The number of rotatable bonds is 8. The number of hydrogen-bond acceptors (Lipinski definition) is 0. The van der Waals surface area contributed by atoms with Crippen LogP contribution in [0, 0.1) is 6.92 Å². The fraction of sp³-hybridized carbons (Fsp3) is 0.308. The summed E-state index contributed by atoms with van der Waals surface area (Å²) >= 11 is 0. The van der Waals surface area contributed by atoms with Gasteiger partial charge in [-0.15, -0.1) is 0 Å². The molecule has 0 aliphatic rings. The standard InChI is InChI=1S/C26H30/c1-3-4-6-14-25-20-24(18-23-13-9-10-21(2)17-23)15-16-26(25)19-22-11-7-5-8-12-22/h5,7-13,15-17,20H,3-4,6,14,18-19H2,1-2H3. The topological polar surface area (TPSA) is 0 Å². The maximum absolute atomic E-state index is 2.45. The van der Waals surface area contributed by atoms with Crippen molar-refractivity contribution in [1.29, 1.82) is 0 Å². The first kappa shape index (κ1) is 18.5. The number of hydrogen-bond donors (Lipinski definition) is 0. The quantitative estimate of drug-likeness (QED) is 0.390. The highest BCUT2D eigenvalue weighted by Gasteiger charge is 2.07. The van der Waals surface area contributed by atoms with E-state index >= 15 is 0 Å². The van der Waals surface area contributed by atoms with Gasteiger partial charge >= 0.3 is 0 Å². The van der Waals surface area contributed by atoms with E-state index in [4.69, 9.17) is 0 Å². The third-order valence-corrected chi connectivity index (χ3v) is 5.05. The zero-order valence-corrected chi connectivity index (χ0v) is 16.2. The second-order valence-corrected chi connectivity index (χ2v) is 7.39. The highest BCUT2D eigenvalue weighted by molar-refractivity contribution is 5.38. The number of benzene rings is 3. The Bertz CT molecular complexity index is 814. The third-order valence-electron chi connectivity index (χ3n) is 5.05. The lowest BCUT2D eigenvalue weighted by molar-refractivity contribution is 0.713. The summed E-state index contributed by atoms with van der Waals surface area (Å²) in [5, 5.41) is 0. The van der Waals surface area contributed by atoms with Crippen LogP contribution in [0.5, 0.6) is 0 Å². The molecule has 0 saturated carbocycles. The molecule has 0 N–H and O–H groups in total. The highest BCUT2D eigenvalue weighted by atomic mass is 14.1. The van der Waals surface area contributed by atoms with Gasteiger partial charge in [-0.05, 0) is 60.4 Å². The summed E-state index contributed by atoms with van der Waals surface area (Å²) in [6.07, 6.45) is 7.12. The molecule has 0 spiro atoms. The van der Waals surface area contributed by atoms with Crippen molar-refractivity contribution in [2.45, 2.75) is 52.4 Å². The van der Waals surface area contributed by atoms with Gasteiger partial charge in [-0.1, -0.05) is 98.1 Å². The minimum absolute atomic E-state index is 1.02. The first-order valence-electron chi connectivity index (χ1n) is 9.94. The molecule has 134 valence electrons. The molecule has 0 saturated heterocycles. The molecule has 0 atom stereocenters. The molecule has 0 bridgehead atoms. The summed E-state index contributed by atoms with van der Waals surface area (Å²) in [5.41, 5.74) is 8.59. The van der Waals surface area contributed by atoms with Crippen molar-refractivity contribution in [3.8, 4) is 0 Å². The average molecular weight is 343 g/mol. The zero-order chi connectivity index (χ0) is 18.2. The van der Waals surface area contributed by atoms with Crippen LogP contribution in [0.2, 0.25) is 0 Å². The van der Waals surface area contributed by atoms with Crippen molar-refractivity contribution >= 4 is 0 Å². The molecule has 0 aliphatic heterocycles. The van der Waals surface area contributed by atoms with Crippen molar-refractivity contribution in [1.82, 2.24) is 0 Å². The monoisotopic (exact) mass is 342 g/mol. The summed E-state index contributed by atoms with van der Waals surface area (Å²) in [5.74, 6) is 0. The molecule has 0 aromatic heterocycles. The van der Waals surface area contributed by atoms with Gasteiger partial charge in [0, 0.05) is 0 Å². The van der Waals surface area contributed by atoms with Gasteiger partial charge in [0.15, 0.2) is 0 Å². The smallest absolute Gasteiger partial charge is 0.00230 e. The van der Waals surface area contributed by atoms with E-state index in [1.165, 1.54) is 59.1 Å². The fourth-order valence-corrected chi connectivity index (χ4v) is 3.63. The van der Waals surface area contributed by atoms with E-state index in [0.29, 0.717) is 0 Å². The summed E-state index contributed by atoms with van der Waals surface area (Å²) in [4.78, 5) is 0. The Hall–Kier alpha value is -2.34. The molecule has 0 amide bonds. The molecule has 0 heterocycles. The highest BCUT2D eigenvalue weighted by Crippen LogP contribution is 2.21. The van der Waals surface area contributed by atoms with Crippen molar-refractivity contribution < 1.29 is 0 Å². The van der Waals surface area contributed by atoms with Crippen LogP contribution in [0.1, 0.15) is 59.6 Å². The Morgan fingerprint density at radius 3 is 2.15 bits per heavy atom. The minimum atomic E-state index is 1.02. The maximum Gasteiger partial charge on any atom is -0.00230 e. The van der Waals surface area contributed by atoms with Gasteiger partial charge in [0.1, 0.15) is 0 Å². The van der Waals surface area contributed by atoms with E-state index in [0.717, 1.165) is 12.8 Å². The van der Waals surface area contributed by atoms with Gasteiger partial charge in [-0.3, -0.25) is 0 Å². The predicted octanol–water partition coefficient (Wildman–Crippen LogP) is 6.91. The molecule has 0 radical (unpaired) electrons. The maximum atomic E-state index is 2.45. The Morgan fingerprint density at radius 1 is 0.615 bits per heavy atom. The van der Waals surface area contributed by atoms with Crippen molar-refractivity contribution in [3.05, 3.63) is 106 Å². The Kier molecular flexibility index (Phi) is 6.66. The van der Waals surface area contributed by atoms with E-state index in [-0.39, 0.29) is 0 Å². The van der Waals surface area contributed by atoms with Crippen molar-refractivity contribution in [2.24, 2.45) is 0 Å². The van der Waals surface area contributed by atoms with Crippen LogP contribution >= 0.6 is 0 Å². The zero-order valence-electron chi connectivity index (χ0n) is 16.2. The summed E-state index contributed by atoms with van der Waals surface area (Å²) in [6, 6.07) is 26.8. The normalized spacial score (nSPS) is 10.8. The lowest BCUT2D eigenvalue weighted by Crippen LogP contribution is -1.99. The largest absolute Gasteiger partial charge is 0.0654 e. The second-order valence-electron chi connectivity index (χ2n) is 7.39. The Labute approximate surface area is 158 Å². The molecule has 3 rings (SSSR count). The molecule has 0 fully saturated rings. The van der Waals surface area contributed by atoms with Gasteiger partial charge in [0.2, 0.25) is 0 Å². The molecular weight excluding hydrogens is 312 g/mol. The first-order valence-corrected chi connectivity index (χ1v) is 9.94. The second kappa shape index (κ2) is 9.38. The lowest BCUT2D eigenvalue weighted by atomic mass is 9.92. The molecule has 3 aromatic carbocycles. The van der Waals surface area contributed by atoms with Crippen molar-refractivity contribution in [3.63, 3.8) is 0 Å². The van der Waals surface area contributed by atoms with Crippen LogP contribution < -0.4 is 0 Å². The van der Waals surface area contributed by atoms with Crippen LogP contribution in [-0.4, -0.2) is 0 Å². The van der Waals surface area contributed by atoms with E-state index in [9.17, 15) is 0 Å².